The molecule has 3 nitrogen and oxygen atoms in total. The molecule has 0 radical (unpaired) electrons. The third kappa shape index (κ3) is 4.48. The number of carbonyl (C=O) groups is 1. The van der Waals surface area contributed by atoms with Gasteiger partial charge in [0.15, 0.2) is 0 Å². The van der Waals surface area contributed by atoms with Gasteiger partial charge < -0.3 is 10.2 Å². The molecule has 1 N–H and O–H groups in total. The summed E-state index contributed by atoms with van der Waals surface area (Å²) in [5.74, 6) is 1.52. The molecule has 1 aromatic carbocycles. The highest BCUT2D eigenvalue weighted by Gasteiger charge is 2.30. The van der Waals surface area contributed by atoms with E-state index in [2.05, 4.69) is 43.4 Å². The Morgan fingerprint density at radius 3 is 2.67 bits per heavy atom. The molecule has 1 amide bonds. The second-order valence-corrected chi connectivity index (χ2v) is 7.19. The molecule has 1 heterocycles. The van der Waals surface area contributed by atoms with Crippen molar-refractivity contribution in [1.29, 1.82) is 0 Å². The molecule has 4 heteroatoms. The number of likely N-dealkylation sites (N-methyl/N-ethyl adjacent to an activating group) is 1. The summed E-state index contributed by atoms with van der Waals surface area (Å²) >= 11 is 1.77. The van der Waals surface area contributed by atoms with Gasteiger partial charge in [-0.25, -0.2) is 0 Å². The first-order valence-electron chi connectivity index (χ1n) is 7.72. The molecule has 21 heavy (non-hydrogen) atoms. The molecule has 0 spiro atoms. The molecule has 2 rings (SSSR count). The minimum absolute atomic E-state index is 0.0378. The SMILES string of the molecule is CC(C)C(SCc1ccccc1)C(=O)N(C)C1CCNC1. The predicted molar refractivity (Wildman–Crippen MR) is 90.4 cm³/mol. The van der Waals surface area contributed by atoms with Gasteiger partial charge in [0.05, 0.1) is 5.25 Å². The second-order valence-electron chi connectivity index (χ2n) is 6.06. The molecule has 1 aliphatic heterocycles. The Hall–Kier alpha value is -1.00. The molecular weight excluding hydrogens is 280 g/mol. The van der Waals surface area contributed by atoms with Gasteiger partial charge in [-0.1, -0.05) is 44.2 Å². The van der Waals surface area contributed by atoms with E-state index in [9.17, 15) is 4.79 Å². The zero-order chi connectivity index (χ0) is 15.2. The van der Waals surface area contributed by atoms with Crippen molar-refractivity contribution in [3.8, 4) is 0 Å². The third-order valence-corrected chi connectivity index (χ3v) is 5.66. The van der Waals surface area contributed by atoms with Crippen LogP contribution >= 0.6 is 11.8 Å². The van der Waals surface area contributed by atoms with Crippen molar-refractivity contribution < 1.29 is 4.79 Å². The van der Waals surface area contributed by atoms with Gasteiger partial charge in [0.2, 0.25) is 5.91 Å². The van der Waals surface area contributed by atoms with E-state index in [0.717, 1.165) is 25.3 Å². The lowest BCUT2D eigenvalue weighted by Crippen LogP contribution is -2.44. The zero-order valence-corrected chi connectivity index (χ0v) is 14.0. The number of rotatable bonds is 6. The highest BCUT2D eigenvalue weighted by molar-refractivity contribution is 7.99. The number of hydrogen-bond acceptors (Lipinski definition) is 3. The Bertz CT molecular complexity index is 443. The summed E-state index contributed by atoms with van der Waals surface area (Å²) in [7, 11) is 1.96. The van der Waals surface area contributed by atoms with E-state index in [1.165, 1.54) is 5.56 Å². The van der Waals surface area contributed by atoms with E-state index in [1.807, 2.05) is 18.0 Å². The summed E-state index contributed by atoms with van der Waals surface area (Å²) in [6.07, 6.45) is 1.07. The number of hydrogen-bond donors (Lipinski definition) is 1. The first-order chi connectivity index (χ1) is 10.1. The summed E-state index contributed by atoms with van der Waals surface area (Å²) in [4.78, 5) is 14.7. The van der Waals surface area contributed by atoms with Crippen LogP contribution in [0.25, 0.3) is 0 Å². The first-order valence-corrected chi connectivity index (χ1v) is 8.77. The maximum absolute atomic E-state index is 12.8. The van der Waals surface area contributed by atoms with Gasteiger partial charge in [0, 0.05) is 25.4 Å². The summed E-state index contributed by atoms with van der Waals surface area (Å²) in [6.45, 7) is 6.23. The van der Waals surface area contributed by atoms with E-state index in [1.54, 1.807) is 11.8 Å². The van der Waals surface area contributed by atoms with Crippen LogP contribution in [0.3, 0.4) is 0 Å². The molecule has 2 atom stereocenters. The molecule has 116 valence electrons. The van der Waals surface area contributed by atoms with Crippen molar-refractivity contribution in [1.82, 2.24) is 10.2 Å². The Morgan fingerprint density at radius 1 is 1.38 bits per heavy atom. The maximum atomic E-state index is 12.8. The number of benzene rings is 1. The van der Waals surface area contributed by atoms with Crippen LogP contribution in [0.2, 0.25) is 0 Å². The van der Waals surface area contributed by atoms with Crippen molar-refractivity contribution >= 4 is 17.7 Å². The van der Waals surface area contributed by atoms with Crippen LogP contribution in [-0.4, -0.2) is 42.2 Å². The number of nitrogens with one attached hydrogen (secondary N) is 1. The Balaban J connectivity index is 1.95. The van der Waals surface area contributed by atoms with Crippen molar-refractivity contribution in [3.63, 3.8) is 0 Å². The third-order valence-electron chi connectivity index (χ3n) is 4.05. The van der Waals surface area contributed by atoms with Gasteiger partial charge in [-0.05, 0) is 24.4 Å². The van der Waals surface area contributed by atoms with E-state index < -0.39 is 0 Å². The zero-order valence-electron chi connectivity index (χ0n) is 13.2. The Kier molecular flexibility index (Phi) is 6.12. The van der Waals surface area contributed by atoms with Crippen LogP contribution in [0.5, 0.6) is 0 Å². The van der Waals surface area contributed by atoms with Gasteiger partial charge in [0.1, 0.15) is 0 Å². The molecule has 1 aromatic rings. The second kappa shape index (κ2) is 7.85. The van der Waals surface area contributed by atoms with Gasteiger partial charge in [-0.15, -0.1) is 11.8 Å². The summed E-state index contributed by atoms with van der Waals surface area (Å²) in [6, 6.07) is 10.7. The van der Waals surface area contributed by atoms with E-state index in [4.69, 9.17) is 0 Å². The van der Waals surface area contributed by atoms with Crippen LogP contribution < -0.4 is 5.32 Å². The molecular formula is C17H26N2OS. The van der Waals surface area contributed by atoms with Crippen LogP contribution in [-0.2, 0) is 10.5 Å². The predicted octanol–water partition coefficient (Wildman–Crippen LogP) is 2.76. The van der Waals surface area contributed by atoms with Crippen molar-refractivity contribution in [2.24, 2.45) is 5.92 Å². The standard InChI is InChI=1S/C17H26N2OS/c1-13(2)16(21-12-14-7-5-4-6-8-14)17(20)19(3)15-9-10-18-11-15/h4-8,13,15-16,18H,9-12H2,1-3H3. The fraction of sp³-hybridized carbons (Fsp3) is 0.588. The lowest BCUT2D eigenvalue weighted by atomic mass is 10.1. The molecule has 0 saturated carbocycles. The monoisotopic (exact) mass is 306 g/mol. The minimum Gasteiger partial charge on any atom is -0.340 e. The maximum Gasteiger partial charge on any atom is 0.235 e. The van der Waals surface area contributed by atoms with Crippen LogP contribution in [0, 0.1) is 5.92 Å². The van der Waals surface area contributed by atoms with Crippen LogP contribution in [0.15, 0.2) is 30.3 Å². The molecule has 0 aliphatic carbocycles. The Labute approximate surface area is 132 Å². The number of carbonyl (C=O) groups excluding carboxylic acids is 1. The van der Waals surface area contributed by atoms with Crippen molar-refractivity contribution in [2.45, 2.75) is 37.3 Å². The summed E-state index contributed by atoms with van der Waals surface area (Å²) in [5.41, 5.74) is 1.28. The van der Waals surface area contributed by atoms with Gasteiger partial charge >= 0.3 is 0 Å². The summed E-state index contributed by atoms with van der Waals surface area (Å²) < 4.78 is 0. The van der Waals surface area contributed by atoms with Gasteiger partial charge in [-0.2, -0.15) is 0 Å². The Morgan fingerprint density at radius 2 is 2.10 bits per heavy atom. The van der Waals surface area contributed by atoms with Crippen LogP contribution in [0.4, 0.5) is 0 Å². The normalized spacial score (nSPS) is 19.7. The smallest absolute Gasteiger partial charge is 0.235 e. The summed E-state index contributed by atoms with van der Waals surface area (Å²) in [5, 5.41) is 3.37. The van der Waals surface area contributed by atoms with E-state index in [0.29, 0.717) is 12.0 Å². The van der Waals surface area contributed by atoms with E-state index in [-0.39, 0.29) is 11.2 Å². The highest BCUT2D eigenvalue weighted by Crippen LogP contribution is 2.26. The molecule has 1 saturated heterocycles. The molecule has 2 unspecified atom stereocenters. The van der Waals surface area contributed by atoms with Crippen molar-refractivity contribution in [2.75, 3.05) is 20.1 Å². The number of amides is 1. The lowest BCUT2D eigenvalue weighted by Gasteiger charge is -2.30. The largest absolute Gasteiger partial charge is 0.340 e. The average Bonchev–Trinajstić information content (AvgIpc) is 3.01. The quantitative estimate of drug-likeness (QED) is 0.877. The number of nitrogens with zero attached hydrogens (tertiary/aromatic N) is 1. The highest BCUT2D eigenvalue weighted by atomic mass is 32.2. The van der Waals surface area contributed by atoms with E-state index >= 15 is 0 Å². The lowest BCUT2D eigenvalue weighted by molar-refractivity contribution is -0.131. The fourth-order valence-electron chi connectivity index (χ4n) is 2.66. The first kappa shape index (κ1) is 16.4. The molecule has 1 fully saturated rings. The molecule has 0 bridgehead atoms. The minimum atomic E-state index is 0.0378. The topological polar surface area (TPSA) is 32.3 Å². The molecule has 1 aliphatic rings. The van der Waals surface area contributed by atoms with Gasteiger partial charge in [0.25, 0.3) is 0 Å². The van der Waals surface area contributed by atoms with Gasteiger partial charge in [-0.3, -0.25) is 4.79 Å². The fourth-order valence-corrected chi connectivity index (χ4v) is 3.92. The van der Waals surface area contributed by atoms with Crippen LogP contribution in [0.1, 0.15) is 25.8 Å². The van der Waals surface area contributed by atoms with Crippen molar-refractivity contribution in [3.05, 3.63) is 35.9 Å². The molecule has 0 aromatic heterocycles. The number of thioether (sulfide) groups is 1. The average molecular weight is 306 g/mol.